The van der Waals surface area contributed by atoms with Gasteiger partial charge in [0.2, 0.25) is 5.91 Å². The van der Waals surface area contributed by atoms with Crippen LogP contribution in [0.4, 0.5) is 4.79 Å². The van der Waals surface area contributed by atoms with Gasteiger partial charge < -0.3 is 25.4 Å². The number of carbonyl (C=O) groups excluding carboxylic acids is 2. The van der Waals surface area contributed by atoms with E-state index in [0.717, 1.165) is 24.8 Å². The largest absolute Gasteiger partial charge is 0.443 e. The highest BCUT2D eigenvalue weighted by Crippen LogP contribution is 2.19. The van der Waals surface area contributed by atoms with Crippen LogP contribution >= 0.6 is 0 Å². The minimum Gasteiger partial charge on any atom is -0.443 e. The van der Waals surface area contributed by atoms with Gasteiger partial charge in [-0.25, -0.2) is 4.79 Å². The summed E-state index contributed by atoms with van der Waals surface area (Å²) in [6, 6.07) is 14.6. The van der Waals surface area contributed by atoms with Gasteiger partial charge in [0.05, 0.1) is 24.4 Å². The molecule has 1 aliphatic rings. The first kappa shape index (κ1) is 25.6. The molecule has 192 valence electrons. The molecule has 0 spiro atoms. The van der Waals surface area contributed by atoms with E-state index >= 15 is 0 Å². The maximum atomic E-state index is 12.8. The van der Waals surface area contributed by atoms with Crippen molar-refractivity contribution in [3.05, 3.63) is 65.6 Å². The molecule has 1 aliphatic heterocycles. The van der Waals surface area contributed by atoms with Gasteiger partial charge in [0.1, 0.15) is 12.6 Å². The van der Waals surface area contributed by atoms with E-state index in [2.05, 4.69) is 15.5 Å². The number of hydrogen-bond acceptors (Lipinski definition) is 7. The van der Waals surface area contributed by atoms with Crippen LogP contribution in [0.5, 0.6) is 0 Å². The zero-order valence-electron chi connectivity index (χ0n) is 20.9. The summed E-state index contributed by atoms with van der Waals surface area (Å²) in [4.78, 5) is 27.1. The predicted octanol–water partition coefficient (Wildman–Crippen LogP) is 2.96. The van der Waals surface area contributed by atoms with Crippen molar-refractivity contribution in [1.29, 1.82) is 0 Å². The van der Waals surface area contributed by atoms with Crippen LogP contribution in [0.1, 0.15) is 56.2 Å². The van der Waals surface area contributed by atoms with Gasteiger partial charge in [-0.3, -0.25) is 9.20 Å². The van der Waals surface area contributed by atoms with Crippen LogP contribution in [0, 0.1) is 0 Å². The van der Waals surface area contributed by atoms with Crippen LogP contribution in [-0.2, 0) is 27.5 Å². The summed E-state index contributed by atoms with van der Waals surface area (Å²) < 4.78 is 13.4. The molecule has 3 heterocycles. The first-order valence-corrected chi connectivity index (χ1v) is 12.3. The van der Waals surface area contributed by atoms with Crippen LogP contribution in [-0.4, -0.2) is 56.7 Å². The Morgan fingerprint density at radius 3 is 2.50 bits per heavy atom. The molecule has 2 aromatic heterocycles. The zero-order valence-corrected chi connectivity index (χ0v) is 20.9. The fourth-order valence-corrected chi connectivity index (χ4v) is 4.07. The molecule has 1 atom stereocenters. The van der Waals surface area contributed by atoms with Crippen molar-refractivity contribution >= 4 is 17.6 Å². The van der Waals surface area contributed by atoms with Crippen LogP contribution in [0.25, 0.3) is 5.65 Å². The standard InChI is InChI=1S/C26H34N6O4/c1-26(2,27)24(33)28-21(18-35-16-19-10-5-3-6-11-19)23-30-29-22-13-9-12-20(32(22)23)17-36-25(34)31-14-7-4-8-15-31/h3,5-6,9-13,21H,4,7-8,14-18,27H2,1-2H3,(H,28,33)/t21-/m1/s1. The molecule has 0 unspecified atom stereocenters. The van der Waals surface area contributed by atoms with Crippen molar-refractivity contribution in [2.75, 3.05) is 19.7 Å². The number of rotatable bonds is 9. The number of benzene rings is 1. The van der Waals surface area contributed by atoms with E-state index in [4.69, 9.17) is 15.2 Å². The van der Waals surface area contributed by atoms with E-state index in [0.29, 0.717) is 36.9 Å². The highest BCUT2D eigenvalue weighted by Gasteiger charge is 2.29. The van der Waals surface area contributed by atoms with Gasteiger partial charge in [0, 0.05) is 13.1 Å². The van der Waals surface area contributed by atoms with Crippen molar-refractivity contribution in [2.24, 2.45) is 5.73 Å². The maximum absolute atomic E-state index is 12.8. The van der Waals surface area contributed by atoms with E-state index < -0.39 is 11.6 Å². The van der Waals surface area contributed by atoms with Crippen LogP contribution in [0.3, 0.4) is 0 Å². The Morgan fingerprint density at radius 1 is 1.03 bits per heavy atom. The Morgan fingerprint density at radius 2 is 1.78 bits per heavy atom. The Bertz CT molecular complexity index is 1170. The topological polar surface area (TPSA) is 124 Å². The molecule has 1 aromatic carbocycles. The minimum absolute atomic E-state index is 0.0473. The van der Waals surface area contributed by atoms with Gasteiger partial charge in [-0.2, -0.15) is 0 Å². The number of aromatic nitrogens is 3. The lowest BCUT2D eigenvalue weighted by atomic mass is 10.1. The molecule has 1 saturated heterocycles. The summed E-state index contributed by atoms with van der Waals surface area (Å²) in [5, 5.41) is 11.6. The molecule has 0 bridgehead atoms. The lowest BCUT2D eigenvalue weighted by molar-refractivity contribution is -0.126. The number of nitrogens with two attached hydrogens (primary N) is 1. The lowest BCUT2D eigenvalue weighted by Crippen LogP contribution is -2.51. The van der Waals surface area contributed by atoms with Gasteiger partial charge in [0.25, 0.3) is 0 Å². The van der Waals surface area contributed by atoms with E-state index in [1.165, 1.54) is 0 Å². The third-order valence-electron chi connectivity index (χ3n) is 6.09. The van der Waals surface area contributed by atoms with Crippen molar-refractivity contribution in [3.8, 4) is 0 Å². The highest BCUT2D eigenvalue weighted by atomic mass is 16.6. The number of fused-ring (bicyclic) bond motifs is 1. The summed E-state index contributed by atoms with van der Waals surface area (Å²) in [5.41, 5.74) is 7.22. The number of nitrogens with zero attached hydrogens (tertiary/aromatic N) is 4. The second-order valence-corrected chi connectivity index (χ2v) is 9.62. The molecule has 1 fully saturated rings. The predicted molar refractivity (Wildman–Crippen MR) is 134 cm³/mol. The van der Waals surface area contributed by atoms with Crippen molar-refractivity contribution < 1.29 is 19.1 Å². The smallest absolute Gasteiger partial charge is 0.410 e. The molecule has 3 N–H and O–H groups in total. The molecule has 3 aromatic rings. The van der Waals surface area contributed by atoms with Crippen LogP contribution < -0.4 is 11.1 Å². The van der Waals surface area contributed by atoms with Crippen LogP contribution in [0.15, 0.2) is 48.5 Å². The third-order valence-corrected chi connectivity index (χ3v) is 6.09. The monoisotopic (exact) mass is 494 g/mol. The average molecular weight is 495 g/mol. The number of pyridine rings is 1. The van der Waals surface area contributed by atoms with E-state index in [1.54, 1.807) is 23.1 Å². The quantitative estimate of drug-likeness (QED) is 0.469. The average Bonchev–Trinajstić information content (AvgIpc) is 3.32. The highest BCUT2D eigenvalue weighted by molar-refractivity contribution is 5.85. The normalized spacial score (nSPS) is 15.0. The summed E-state index contributed by atoms with van der Waals surface area (Å²) in [7, 11) is 0. The first-order chi connectivity index (χ1) is 17.3. The molecule has 0 radical (unpaired) electrons. The van der Waals surface area contributed by atoms with Crippen LogP contribution in [0.2, 0.25) is 0 Å². The van der Waals surface area contributed by atoms with Gasteiger partial charge in [-0.15, -0.1) is 10.2 Å². The first-order valence-electron chi connectivity index (χ1n) is 12.3. The molecule has 10 nitrogen and oxygen atoms in total. The summed E-state index contributed by atoms with van der Waals surface area (Å²) in [6.45, 7) is 5.27. The molecule has 2 amide bonds. The minimum atomic E-state index is -1.09. The SMILES string of the molecule is CC(C)(N)C(=O)N[C@H](COCc1ccccc1)c1nnc2cccc(COC(=O)N3CCCCC3)n12. The lowest BCUT2D eigenvalue weighted by Gasteiger charge is -2.26. The third kappa shape index (κ3) is 6.38. The van der Waals surface area contributed by atoms with Crippen molar-refractivity contribution in [3.63, 3.8) is 0 Å². The fourth-order valence-electron chi connectivity index (χ4n) is 4.07. The number of ether oxygens (including phenoxy) is 2. The molecule has 0 saturated carbocycles. The summed E-state index contributed by atoms with van der Waals surface area (Å²) in [6.07, 6.45) is 2.78. The Hall–Kier alpha value is -3.50. The van der Waals surface area contributed by atoms with E-state index in [1.807, 2.05) is 48.5 Å². The molecule has 10 heteroatoms. The van der Waals surface area contributed by atoms with Crippen molar-refractivity contribution in [2.45, 2.75) is 57.9 Å². The summed E-state index contributed by atoms with van der Waals surface area (Å²) in [5.74, 6) is 0.127. The maximum Gasteiger partial charge on any atom is 0.410 e. The number of piperidine rings is 1. The van der Waals surface area contributed by atoms with Gasteiger partial charge >= 0.3 is 6.09 Å². The number of amides is 2. The molecule has 0 aliphatic carbocycles. The van der Waals surface area contributed by atoms with E-state index in [9.17, 15) is 9.59 Å². The van der Waals surface area contributed by atoms with E-state index in [-0.39, 0.29) is 25.2 Å². The number of carbonyl (C=O) groups is 2. The zero-order chi connectivity index (χ0) is 25.5. The number of nitrogens with one attached hydrogen (secondary N) is 1. The number of likely N-dealkylation sites (tertiary alicyclic amines) is 1. The fraction of sp³-hybridized carbons (Fsp3) is 0.462. The number of hydrogen-bond donors (Lipinski definition) is 2. The Labute approximate surface area is 210 Å². The Kier molecular flexibility index (Phi) is 8.17. The molecule has 4 rings (SSSR count). The van der Waals surface area contributed by atoms with Gasteiger partial charge in [0.15, 0.2) is 11.5 Å². The van der Waals surface area contributed by atoms with Gasteiger partial charge in [-0.1, -0.05) is 36.4 Å². The second-order valence-electron chi connectivity index (χ2n) is 9.62. The second kappa shape index (κ2) is 11.5. The van der Waals surface area contributed by atoms with Gasteiger partial charge in [-0.05, 0) is 50.8 Å². The van der Waals surface area contributed by atoms with Crippen molar-refractivity contribution in [1.82, 2.24) is 24.8 Å². The molecular weight excluding hydrogens is 460 g/mol. The Balaban J connectivity index is 1.55. The molecule has 36 heavy (non-hydrogen) atoms. The molecular formula is C26H34N6O4. The summed E-state index contributed by atoms with van der Waals surface area (Å²) >= 11 is 0.